The summed E-state index contributed by atoms with van der Waals surface area (Å²) in [7, 11) is 0. The zero-order valence-corrected chi connectivity index (χ0v) is 14.9. The number of benzene rings is 1. The molecule has 1 aromatic carbocycles. The number of hydrogen-bond acceptors (Lipinski definition) is 3. The quantitative estimate of drug-likeness (QED) is 0.720. The molecule has 2 fully saturated rings. The number of aliphatic carboxylic acids is 1. The summed E-state index contributed by atoms with van der Waals surface area (Å²) in [6.45, 7) is 0.664. The summed E-state index contributed by atoms with van der Waals surface area (Å²) in [6.07, 6.45) is 3.18. The number of halogens is 3. The molecular formula is C18H21ClF2N2O3. The minimum atomic E-state index is -3.66. The highest BCUT2D eigenvalue weighted by atomic mass is 35.5. The third kappa shape index (κ3) is 4.51. The molecule has 0 bridgehead atoms. The van der Waals surface area contributed by atoms with E-state index in [0.29, 0.717) is 18.8 Å². The number of carboxylic acid groups (broad SMARTS) is 1. The van der Waals surface area contributed by atoms with E-state index in [2.05, 4.69) is 5.32 Å². The van der Waals surface area contributed by atoms with Gasteiger partial charge in [0.2, 0.25) is 0 Å². The van der Waals surface area contributed by atoms with Crippen LogP contribution in [-0.4, -0.2) is 47.1 Å². The minimum absolute atomic E-state index is 0.0109. The SMILES string of the molecule is O=C(O)CN(CC1CC1)C1CC(NC(=O)C(F)(F)c2cccc(Cl)c2)C1. The van der Waals surface area contributed by atoms with E-state index in [1.807, 2.05) is 4.90 Å². The van der Waals surface area contributed by atoms with Gasteiger partial charge in [-0.05, 0) is 43.7 Å². The Bertz CT molecular complexity index is 691. The lowest BCUT2D eigenvalue weighted by Crippen LogP contribution is -2.57. The molecule has 142 valence electrons. The molecule has 0 aliphatic heterocycles. The van der Waals surface area contributed by atoms with Gasteiger partial charge in [-0.2, -0.15) is 8.78 Å². The normalized spacial score (nSPS) is 22.8. The van der Waals surface area contributed by atoms with Crippen LogP contribution >= 0.6 is 11.6 Å². The van der Waals surface area contributed by atoms with Crippen molar-refractivity contribution in [1.82, 2.24) is 10.2 Å². The van der Waals surface area contributed by atoms with Crippen molar-refractivity contribution >= 4 is 23.5 Å². The molecule has 2 saturated carbocycles. The zero-order valence-electron chi connectivity index (χ0n) is 14.1. The van der Waals surface area contributed by atoms with Crippen LogP contribution in [-0.2, 0) is 15.5 Å². The Labute approximate surface area is 155 Å². The highest BCUT2D eigenvalue weighted by Gasteiger charge is 2.44. The van der Waals surface area contributed by atoms with Crippen LogP contribution < -0.4 is 5.32 Å². The number of carbonyl (C=O) groups excluding carboxylic acids is 1. The van der Waals surface area contributed by atoms with Crippen LogP contribution in [0, 0.1) is 5.92 Å². The highest BCUT2D eigenvalue weighted by molar-refractivity contribution is 6.30. The van der Waals surface area contributed by atoms with E-state index in [0.717, 1.165) is 25.5 Å². The summed E-state index contributed by atoms with van der Waals surface area (Å²) < 4.78 is 28.6. The first-order chi connectivity index (χ1) is 12.3. The molecule has 0 radical (unpaired) electrons. The van der Waals surface area contributed by atoms with Gasteiger partial charge in [0, 0.05) is 29.2 Å². The highest BCUT2D eigenvalue weighted by Crippen LogP contribution is 2.35. The molecule has 0 unspecified atom stereocenters. The number of carbonyl (C=O) groups is 2. The fourth-order valence-corrected chi connectivity index (χ4v) is 3.43. The van der Waals surface area contributed by atoms with Gasteiger partial charge in [-0.3, -0.25) is 14.5 Å². The molecule has 3 rings (SSSR count). The standard InChI is InChI=1S/C18H21ClF2N2O3/c19-13-3-1-2-12(6-13)18(20,21)17(26)22-14-7-15(8-14)23(10-16(24)25)9-11-4-5-11/h1-3,6,11,14-15H,4-5,7-10H2,(H,22,26)(H,24,25). The molecule has 2 N–H and O–H groups in total. The lowest BCUT2D eigenvalue weighted by atomic mass is 9.85. The first-order valence-corrected chi connectivity index (χ1v) is 9.04. The largest absolute Gasteiger partial charge is 0.480 e. The Morgan fingerprint density at radius 1 is 1.31 bits per heavy atom. The maximum Gasteiger partial charge on any atom is 0.349 e. The van der Waals surface area contributed by atoms with Crippen LogP contribution in [0.15, 0.2) is 24.3 Å². The van der Waals surface area contributed by atoms with Crippen molar-refractivity contribution in [3.05, 3.63) is 34.9 Å². The smallest absolute Gasteiger partial charge is 0.349 e. The second-order valence-electron chi connectivity index (χ2n) is 7.15. The fraction of sp³-hybridized carbons (Fsp3) is 0.556. The van der Waals surface area contributed by atoms with Crippen LogP contribution in [0.5, 0.6) is 0 Å². The number of nitrogens with one attached hydrogen (secondary N) is 1. The van der Waals surface area contributed by atoms with Gasteiger partial charge in [0.1, 0.15) is 0 Å². The number of carboxylic acids is 1. The average Bonchev–Trinajstić information content (AvgIpc) is 3.33. The molecule has 2 aliphatic carbocycles. The van der Waals surface area contributed by atoms with Crippen LogP contribution in [0.1, 0.15) is 31.2 Å². The third-order valence-corrected chi connectivity index (χ3v) is 5.20. The van der Waals surface area contributed by atoms with Crippen molar-refractivity contribution in [3.63, 3.8) is 0 Å². The van der Waals surface area contributed by atoms with Gasteiger partial charge in [-0.15, -0.1) is 0 Å². The number of nitrogens with zero attached hydrogens (tertiary/aromatic N) is 1. The predicted octanol–water partition coefficient (Wildman–Crippen LogP) is 2.88. The third-order valence-electron chi connectivity index (χ3n) is 4.97. The minimum Gasteiger partial charge on any atom is -0.480 e. The maximum absolute atomic E-state index is 14.3. The molecule has 0 atom stereocenters. The van der Waals surface area contributed by atoms with E-state index in [4.69, 9.17) is 16.7 Å². The Morgan fingerprint density at radius 2 is 2.00 bits per heavy atom. The topological polar surface area (TPSA) is 69.6 Å². The summed E-state index contributed by atoms with van der Waals surface area (Å²) in [5, 5.41) is 11.5. The van der Waals surface area contributed by atoms with Crippen molar-refractivity contribution in [2.45, 2.75) is 43.7 Å². The monoisotopic (exact) mass is 386 g/mol. The van der Waals surface area contributed by atoms with Crippen molar-refractivity contribution < 1.29 is 23.5 Å². The summed E-state index contributed by atoms with van der Waals surface area (Å²) in [6, 6.07) is 4.73. The molecule has 26 heavy (non-hydrogen) atoms. The average molecular weight is 387 g/mol. The van der Waals surface area contributed by atoms with E-state index in [1.165, 1.54) is 18.2 Å². The van der Waals surface area contributed by atoms with Gasteiger partial charge in [-0.25, -0.2) is 0 Å². The summed E-state index contributed by atoms with van der Waals surface area (Å²) >= 11 is 5.72. The van der Waals surface area contributed by atoms with Gasteiger partial charge >= 0.3 is 11.9 Å². The Kier molecular flexibility index (Phi) is 5.48. The molecule has 0 heterocycles. The van der Waals surface area contributed by atoms with Gasteiger partial charge in [0.05, 0.1) is 6.54 Å². The van der Waals surface area contributed by atoms with Crippen LogP contribution in [0.3, 0.4) is 0 Å². The van der Waals surface area contributed by atoms with Gasteiger partial charge in [0.15, 0.2) is 0 Å². The van der Waals surface area contributed by atoms with E-state index >= 15 is 0 Å². The molecule has 8 heteroatoms. The van der Waals surface area contributed by atoms with Crippen molar-refractivity contribution in [3.8, 4) is 0 Å². The first-order valence-electron chi connectivity index (χ1n) is 8.66. The van der Waals surface area contributed by atoms with Crippen molar-refractivity contribution in [1.29, 1.82) is 0 Å². The molecule has 5 nitrogen and oxygen atoms in total. The molecule has 0 aromatic heterocycles. The fourth-order valence-electron chi connectivity index (χ4n) is 3.24. The van der Waals surface area contributed by atoms with E-state index in [9.17, 15) is 18.4 Å². The summed E-state index contributed by atoms with van der Waals surface area (Å²) in [5.41, 5.74) is -0.445. The number of hydrogen-bond donors (Lipinski definition) is 2. The van der Waals surface area contributed by atoms with Gasteiger partial charge in [-0.1, -0.05) is 23.7 Å². The second-order valence-corrected chi connectivity index (χ2v) is 7.58. The van der Waals surface area contributed by atoms with Crippen LogP contribution in [0.2, 0.25) is 5.02 Å². The van der Waals surface area contributed by atoms with Crippen molar-refractivity contribution in [2.24, 2.45) is 5.92 Å². The van der Waals surface area contributed by atoms with E-state index < -0.39 is 23.4 Å². The zero-order chi connectivity index (χ0) is 18.9. The number of amides is 1. The lowest BCUT2D eigenvalue weighted by Gasteiger charge is -2.43. The summed E-state index contributed by atoms with van der Waals surface area (Å²) in [4.78, 5) is 24.9. The Morgan fingerprint density at radius 3 is 2.58 bits per heavy atom. The molecular weight excluding hydrogens is 366 g/mol. The molecule has 1 amide bonds. The number of rotatable bonds is 8. The van der Waals surface area contributed by atoms with E-state index in [-0.39, 0.29) is 23.7 Å². The van der Waals surface area contributed by atoms with Crippen molar-refractivity contribution in [2.75, 3.05) is 13.1 Å². The predicted molar refractivity (Wildman–Crippen MR) is 92.2 cm³/mol. The molecule has 2 aliphatic rings. The first kappa shape index (κ1) is 19.0. The maximum atomic E-state index is 14.3. The molecule has 0 spiro atoms. The Hall–Kier alpha value is -1.73. The molecule has 1 aromatic rings. The van der Waals surface area contributed by atoms with Crippen LogP contribution in [0.25, 0.3) is 0 Å². The van der Waals surface area contributed by atoms with Crippen LogP contribution in [0.4, 0.5) is 8.78 Å². The van der Waals surface area contributed by atoms with Gasteiger partial charge < -0.3 is 10.4 Å². The summed E-state index contributed by atoms with van der Waals surface area (Å²) in [5.74, 6) is -5.37. The van der Waals surface area contributed by atoms with Gasteiger partial charge in [0.25, 0.3) is 5.91 Å². The van der Waals surface area contributed by atoms with E-state index in [1.54, 1.807) is 0 Å². The molecule has 0 saturated heterocycles. The number of alkyl halides is 2. The Balaban J connectivity index is 1.53. The lowest BCUT2D eigenvalue weighted by molar-refractivity contribution is -0.149. The second kappa shape index (κ2) is 7.48.